The number of nitrogens with two attached hydrogens (primary N) is 1. The highest BCUT2D eigenvalue weighted by Gasteiger charge is 2.22. The number of aryl methyl sites for hydroxylation is 1. The number of nitrogen functional groups attached to an aromatic ring is 1. The van der Waals surface area contributed by atoms with Crippen molar-refractivity contribution in [2.75, 3.05) is 19.5 Å². The number of halogens is 1. The van der Waals surface area contributed by atoms with Gasteiger partial charge in [0, 0.05) is 11.8 Å². The number of anilines is 1. The second-order valence-electron chi connectivity index (χ2n) is 5.94. The van der Waals surface area contributed by atoms with E-state index in [-0.39, 0.29) is 31.0 Å². The zero-order valence-electron chi connectivity index (χ0n) is 14.2. The largest absolute Gasteiger partial charge is 0.497 e. The van der Waals surface area contributed by atoms with E-state index in [1.54, 1.807) is 19.2 Å². The maximum atomic E-state index is 12.2. The van der Waals surface area contributed by atoms with Crippen LogP contribution in [0.4, 0.5) is 5.69 Å². The van der Waals surface area contributed by atoms with E-state index in [1.165, 1.54) is 5.56 Å². The van der Waals surface area contributed by atoms with Crippen LogP contribution in [-0.2, 0) is 11.2 Å². The van der Waals surface area contributed by atoms with Gasteiger partial charge in [-0.1, -0.05) is 12.1 Å². The highest BCUT2D eigenvalue weighted by atomic mass is 35.5. The Balaban J connectivity index is 0.00000225. The number of rotatable bonds is 5. The smallest absolute Gasteiger partial charge is 0.258 e. The molecule has 2 aromatic rings. The summed E-state index contributed by atoms with van der Waals surface area (Å²) in [7, 11) is 1.60. The lowest BCUT2D eigenvalue weighted by Gasteiger charge is -2.26. The summed E-state index contributed by atoms with van der Waals surface area (Å²) in [6, 6.07) is 13.1. The molecule has 25 heavy (non-hydrogen) atoms. The van der Waals surface area contributed by atoms with Crippen LogP contribution in [0.25, 0.3) is 0 Å². The Morgan fingerprint density at radius 3 is 2.84 bits per heavy atom. The van der Waals surface area contributed by atoms with Crippen molar-refractivity contribution in [3.05, 3.63) is 53.6 Å². The molecule has 5 nitrogen and oxygen atoms in total. The molecule has 0 saturated heterocycles. The summed E-state index contributed by atoms with van der Waals surface area (Å²) in [5, 5.41) is 3.06. The van der Waals surface area contributed by atoms with E-state index >= 15 is 0 Å². The second kappa shape index (κ2) is 8.62. The third-order valence-corrected chi connectivity index (χ3v) is 4.23. The van der Waals surface area contributed by atoms with Crippen molar-refractivity contribution in [3.63, 3.8) is 0 Å². The van der Waals surface area contributed by atoms with Gasteiger partial charge in [0.1, 0.15) is 11.5 Å². The Morgan fingerprint density at radius 1 is 1.24 bits per heavy atom. The van der Waals surface area contributed by atoms with Crippen LogP contribution in [-0.4, -0.2) is 19.6 Å². The van der Waals surface area contributed by atoms with Gasteiger partial charge in [0.05, 0.1) is 13.2 Å². The number of carbonyl (C=O) groups excluding carboxylic acids is 1. The maximum absolute atomic E-state index is 12.2. The molecule has 3 rings (SSSR count). The number of fused-ring (bicyclic) bond motifs is 1. The number of carbonyl (C=O) groups is 1. The highest BCUT2D eigenvalue weighted by Crippen LogP contribution is 2.30. The molecule has 0 radical (unpaired) electrons. The lowest BCUT2D eigenvalue weighted by molar-refractivity contribution is -0.123. The van der Waals surface area contributed by atoms with E-state index < -0.39 is 0 Å². The van der Waals surface area contributed by atoms with E-state index in [9.17, 15) is 4.79 Å². The molecule has 0 aliphatic heterocycles. The molecule has 0 heterocycles. The zero-order chi connectivity index (χ0) is 16.9. The number of amides is 1. The van der Waals surface area contributed by atoms with Crippen LogP contribution >= 0.6 is 12.4 Å². The first-order chi connectivity index (χ1) is 11.7. The molecule has 1 amide bonds. The van der Waals surface area contributed by atoms with Crippen molar-refractivity contribution >= 4 is 24.0 Å². The predicted molar refractivity (Wildman–Crippen MR) is 100 cm³/mol. The summed E-state index contributed by atoms with van der Waals surface area (Å²) in [6.07, 6.45) is 2.98. The van der Waals surface area contributed by atoms with Crippen LogP contribution < -0.4 is 20.5 Å². The Hall–Kier alpha value is -2.40. The summed E-state index contributed by atoms with van der Waals surface area (Å²) < 4.78 is 10.7. The molecule has 2 aromatic carbocycles. The van der Waals surface area contributed by atoms with Gasteiger partial charge in [0.2, 0.25) is 0 Å². The minimum Gasteiger partial charge on any atom is -0.497 e. The van der Waals surface area contributed by atoms with E-state index in [4.69, 9.17) is 15.2 Å². The number of nitrogens with one attached hydrogen (secondary N) is 1. The molecule has 1 atom stereocenters. The van der Waals surface area contributed by atoms with Gasteiger partial charge in [-0.3, -0.25) is 4.79 Å². The maximum Gasteiger partial charge on any atom is 0.258 e. The fourth-order valence-corrected chi connectivity index (χ4v) is 3.06. The van der Waals surface area contributed by atoms with Crippen molar-refractivity contribution in [1.29, 1.82) is 0 Å². The summed E-state index contributed by atoms with van der Waals surface area (Å²) in [5.74, 6) is 1.18. The third kappa shape index (κ3) is 4.79. The minimum atomic E-state index is -0.132. The number of hydrogen-bond donors (Lipinski definition) is 2. The number of benzene rings is 2. The molecular weight excluding hydrogens is 340 g/mol. The lowest BCUT2D eigenvalue weighted by Crippen LogP contribution is -2.34. The average Bonchev–Trinajstić information content (AvgIpc) is 2.60. The molecule has 1 aliphatic rings. The molecule has 3 N–H and O–H groups in total. The summed E-state index contributed by atoms with van der Waals surface area (Å²) >= 11 is 0. The van der Waals surface area contributed by atoms with Crippen molar-refractivity contribution in [2.24, 2.45) is 0 Å². The van der Waals surface area contributed by atoms with Gasteiger partial charge in [-0.15, -0.1) is 12.4 Å². The number of hydrogen-bond acceptors (Lipinski definition) is 4. The molecule has 134 valence electrons. The van der Waals surface area contributed by atoms with Crippen LogP contribution in [0.3, 0.4) is 0 Å². The second-order valence-corrected chi connectivity index (χ2v) is 5.94. The summed E-state index contributed by atoms with van der Waals surface area (Å²) in [6.45, 7) is -0.0199. The van der Waals surface area contributed by atoms with E-state index in [0.29, 0.717) is 11.5 Å². The molecule has 1 aliphatic carbocycles. The molecular formula is C19H23ClN2O3. The number of methoxy groups -OCH3 is 1. The standard InChI is InChI=1S/C19H22N2O3.ClH/c1-23-15-5-3-6-16(11-15)24-12-19(22)21-18-7-2-4-13-10-14(20)8-9-17(13)18;/h3,5-6,8-11,18H,2,4,7,12,20H2,1H3,(H,21,22);1H. The Bertz CT molecular complexity index is 736. The SMILES string of the molecule is COc1cccc(OCC(=O)NC2CCCc3cc(N)ccc32)c1.Cl. The van der Waals surface area contributed by atoms with Gasteiger partial charge in [-0.05, 0) is 54.7 Å². The molecule has 6 heteroatoms. The van der Waals surface area contributed by atoms with Crippen LogP contribution in [0.5, 0.6) is 11.5 Å². The monoisotopic (exact) mass is 362 g/mol. The molecule has 0 spiro atoms. The van der Waals surface area contributed by atoms with Gasteiger partial charge >= 0.3 is 0 Å². The van der Waals surface area contributed by atoms with Gasteiger partial charge < -0.3 is 20.5 Å². The minimum absolute atomic E-state index is 0. The van der Waals surface area contributed by atoms with Crippen molar-refractivity contribution < 1.29 is 14.3 Å². The fourth-order valence-electron chi connectivity index (χ4n) is 3.06. The topological polar surface area (TPSA) is 73.6 Å². The van der Waals surface area contributed by atoms with Crippen molar-refractivity contribution in [1.82, 2.24) is 5.32 Å². The first-order valence-electron chi connectivity index (χ1n) is 8.10. The molecule has 1 unspecified atom stereocenters. The fraction of sp³-hybridized carbons (Fsp3) is 0.316. The zero-order valence-corrected chi connectivity index (χ0v) is 15.0. The van der Waals surface area contributed by atoms with Gasteiger partial charge in [0.25, 0.3) is 5.91 Å². The van der Waals surface area contributed by atoms with Crippen LogP contribution in [0.15, 0.2) is 42.5 Å². The average molecular weight is 363 g/mol. The third-order valence-electron chi connectivity index (χ3n) is 4.23. The van der Waals surface area contributed by atoms with Crippen LogP contribution in [0, 0.1) is 0 Å². The quantitative estimate of drug-likeness (QED) is 0.800. The van der Waals surface area contributed by atoms with E-state index in [1.807, 2.05) is 30.3 Å². The Kier molecular flexibility index (Phi) is 6.53. The predicted octanol–water partition coefficient (Wildman–Crippen LogP) is 3.27. The van der Waals surface area contributed by atoms with Gasteiger partial charge in [-0.2, -0.15) is 0 Å². The Morgan fingerprint density at radius 2 is 2.04 bits per heavy atom. The molecule has 0 fully saturated rings. The van der Waals surface area contributed by atoms with E-state index in [2.05, 4.69) is 5.32 Å². The van der Waals surface area contributed by atoms with Crippen molar-refractivity contribution in [3.8, 4) is 11.5 Å². The van der Waals surface area contributed by atoms with Gasteiger partial charge in [-0.25, -0.2) is 0 Å². The number of ether oxygens (including phenoxy) is 2. The van der Waals surface area contributed by atoms with Crippen LogP contribution in [0.1, 0.15) is 30.0 Å². The van der Waals surface area contributed by atoms with Gasteiger partial charge in [0.15, 0.2) is 6.61 Å². The molecule has 0 saturated carbocycles. The summed E-state index contributed by atoms with van der Waals surface area (Å²) in [4.78, 5) is 12.2. The van der Waals surface area contributed by atoms with Crippen molar-refractivity contribution in [2.45, 2.75) is 25.3 Å². The Labute approximate surface area is 153 Å². The van der Waals surface area contributed by atoms with E-state index in [0.717, 1.165) is 30.5 Å². The molecule has 0 aromatic heterocycles. The lowest BCUT2D eigenvalue weighted by atomic mass is 9.87. The summed E-state index contributed by atoms with van der Waals surface area (Å²) in [5.41, 5.74) is 8.99. The highest BCUT2D eigenvalue weighted by molar-refractivity contribution is 5.85. The van der Waals surface area contributed by atoms with Crippen LogP contribution in [0.2, 0.25) is 0 Å². The molecule has 0 bridgehead atoms. The first kappa shape index (κ1) is 18.9. The first-order valence-corrected chi connectivity index (χ1v) is 8.10. The normalized spacial score (nSPS) is 15.5.